The predicted molar refractivity (Wildman–Crippen MR) is 102 cm³/mol. The van der Waals surface area contributed by atoms with Crippen LogP contribution in [0.2, 0.25) is 0 Å². The van der Waals surface area contributed by atoms with Crippen molar-refractivity contribution < 1.29 is 19.8 Å². The molecule has 0 spiro atoms. The van der Waals surface area contributed by atoms with Crippen molar-refractivity contribution in [1.82, 2.24) is 24.7 Å². The number of aromatic nitrogens is 2. The van der Waals surface area contributed by atoms with Gasteiger partial charge < -0.3 is 29.9 Å². The van der Waals surface area contributed by atoms with Crippen LogP contribution in [-0.4, -0.2) is 91.3 Å². The van der Waals surface area contributed by atoms with Crippen LogP contribution < -0.4 is 5.32 Å². The second-order valence-electron chi connectivity index (χ2n) is 8.55. The van der Waals surface area contributed by atoms with E-state index in [1.807, 2.05) is 17.7 Å². The molecule has 1 aromatic heterocycles. The molecule has 2 fully saturated rings. The molecule has 2 aliphatic rings. The molecule has 28 heavy (non-hydrogen) atoms. The molecule has 1 aromatic rings. The summed E-state index contributed by atoms with van der Waals surface area (Å²) in [5, 5.41) is 24.3. The highest BCUT2D eigenvalue weighted by Crippen LogP contribution is 2.25. The van der Waals surface area contributed by atoms with Gasteiger partial charge in [-0.25, -0.2) is 4.98 Å². The summed E-state index contributed by atoms with van der Waals surface area (Å²) in [4.78, 5) is 33.1. The highest BCUT2D eigenvalue weighted by molar-refractivity contribution is 5.91. The molecule has 2 aliphatic heterocycles. The largest absolute Gasteiger partial charge is 0.386 e. The number of hydrogen-bond donors (Lipinski definition) is 3. The van der Waals surface area contributed by atoms with Crippen molar-refractivity contribution in [2.45, 2.75) is 57.4 Å². The third-order valence-electron chi connectivity index (χ3n) is 5.42. The van der Waals surface area contributed by atoms with Crippen molar-refractivity contribution in [3.05, 3.63) is 18.2 Å². The summed E-state index contributed by atoms with van der Waals surface area (Å²) in [7, 11) is 0. The molecule has 0 aliphatic carbocycles. The zero-order valence-corrected chi connectivity index (χ0v) is 16.9. The van der Waals surface area contributed by atoms with E-state index in [0.717, 1.165) is 5.69 Å². The number of aryl methyl sites for hydroxylation is 1. The smallest absolute Gasteiger partial charge is 0.254 e. The number of nitrogens with one attached hydrogen (secondary N) is 1. The van der Waals surface area contributed by atoms with E-state index in [-0.39, 0.29) is 12.5 Å². The van der Waals surface area contributed by atoms with Gasteiger partial charge in [0, 0.05) is 32.4 Å². The Bertz CT molecular complexity index is 728. The van der Waals surface area contributed by atoms with Crippen LogP contribution in [-0.2, 0) is 16.1 Å². The average Bonchev–Trinajstić information content (AvgIpc) is 3.03. The van der Waals surface area contributed by atoms with Crippen LogP contribution >= 0.6 is 0 Å². The van der Waals surface area contributed by atoms with Gasteiger partial charge in [-0.2, -0.15) is 0 Å². The Kier molecular flexibility index (Phi) is 5.79. The number of amides is 2. The van der Waals surface area contributed by atoms with Gasteiger partial charge in [0.05, 0.1) is 25.1 Å². The molecular weight excluding hydrogens is 362 g/mol. The quantitative estimate of drug-likeness (QED) is 0.613. The lowest BCUT2D eigenvalue weighted by Crippen LogP contribution is -2.65. The minimum Gasteiger partial charge on any atom is -0.386 e. The molecule has 156 valence electrons. The first-order valence-electron chi connectivity index (χ1n) is 9.83. The minimum absolute atomic E-state index is 0.190. The number of piperidine rings is 1. The van der Waals surface area contributed by atoms with Crippen LogP contribution in [0.15, 0.2) is 12.5 Å². The lowest BCUT2D eigenvalue weighted by atomic mass is 9.92. The highest BCUT2D eigenvalue weighted by atomic mass is 16.3. The molecule has 0 radical (unpaired) electrons. The molecule has 2 amide bonds. The zero-order chi connectivity index (χ0) is 20.5. The summed E-state index contributed by atoms with van der Waals surface area (Å²) in [6.07, 6.45) is 4.84. The summed E-state index contributed by atoms with van der Waals surface area (Å²) in [6.45, 7) is 7.18. The van der Waals surface area contributed by atoms with E-state index in [2.05, 4.69) is 10.3 Å². The number of piperazine rings is 1. The van der Waals surface area contributed by atoms with Crippen molar-refractivity contribution in [3.8, 4) is 0 Å². The number of nitrogens with zero attached hydrogens (tertiary/aromatic N) is 4. The molecule has 2 saturated heterocycles. The van der Waals surface area contributed by atoms with Crippen LogP contribution in [0.3, 0.4) is 0 Å². The predicted octanol–water partition coefficient (Wildman–Crippen LogP) is -0.884. The average molecular weight is 393 g/mol. The van der Waals surface area contributed by atoms with E-state index in [1.54, 1.807) is 11.2 Å². The second kappa shape index (κ2) is 7.81. The summed E-state index contributed by atoms with van der Waals surface area (Å²) in [5.74, 6) is -0.641. The number of hydrogen-bond acceptors (Lipinski definition) is 6. The normalized spacial score (nSPS) is 26.4. The van der Waals surface area contributed by atoms with E-state index in [0.29, 0.717) is 45.6 Å². The highest BCUT2D eigenvalue weighted by Gasteiger charge is 2.42. The summed E-state index contributed by atoms with van der Waals surface area (Å²) in [6, 6.07) is -0.675. The van der Waals surface area contributed by atoms with Crippen molar-refractivity contribution in [3.63, 3.8) is 0 Å². The van der Waals surface area contributed by atoms with Gasteiger partial charge >= 0.3 is 0 Å². The minimum atomic E-state index is -1.53. The first-order valence-corrected chi connectivity index (χ1v) is 9.83. The van der Waals surface area contributed by atoms with Gasteiger partial charge in [-0.3, -0.25) is 9.59 Å². The molecule has 0 bridgehead atoms. The van der Waals surface area contributed by atoms with Crippen molar-refractivity contribution in [1.29, 1.82) is 0 Å². The summed E-state index contributed by atoms with van der Waals surface area (Å²) in [5.41, 5.74) is -1.69. The molecule has 0 saturated carbocycles. The first kappa shape index (κ1) is 20.8. The Labute approximate surface area is 165 Å². The van der Waals surface area contributed by atoms with Gasteiger partial charge in [0.25, 0.3) is 5.91 Å². The monoisotopic (exact) mass is 393 g/mol. The van der Waals surface area contributed by atoms with E-state index in [4.69, 9.17) is 0 Å². The Morgan fingerprint density at radius 3 is 2.79 bits per heavy atom. The van der Waals surface area contributed by atoms with Crippen LogP contribution in [0.25, 0.3) is 0 Å². The number of carbonyl (C=O) groups excluding carboxylic acids is 2. The van der Waals surface area contributed by atoms with Gasteiger partial charge in [-0.1, -0.05) is 0 Å². The Balaban J connectivity index is 1.72. The molecule has 9 nitrogen and oxygen atoms in total. The molecule has 3 N–H and O–H groups in total. The van der Waals surface area contributed by atoms with Gasteiger partial charge in [0.1, 0.15) is 17.2 Å². The van der Waals surface area contributed by atoms with Crippen molar-refractivity contribution in [2.75, 3.05) is 32.7 Å². The topological polar surface area (TPSA) is 111 Å². The first-order chi connectivity index (χ1) is 13.1. The summed E-state index contributed by atoms with van der Waals surface area (Å²) < 4.78 is 1.84. The number of rotatable bonds is 4. The van der Waals surface area contributed by atoms with E-state index in [9.17, 15) is 19.8 Å². The number of β-amino-alcohol motifs (C(OH)–C–C–N with tert-alkyl or cyclic N) is 1. The van der Waals surface area contributed by atoms with Gasteiger partial charge in [-0.15, -0.1) is 0 Å². The molecule has 2 atom stereocenters. The zero-order valence-electron chi connectivity index (χ0n) is 16.9. The maximum Gasteiger partial charge on any atom is 0.254 e. The standard InChI is InChI=1S/C19H31N5O4/c1-14-10-22(13-21-14)11-19(28)5-4-7-23(12-19)16(25)15-9-20-6-8-24(15)17(26)18(2,3)27/h10,13,15,20,27-28H,4-9,11-12H2,1-3H3/t15-,19?/m1/s1. The Morgan fingerprint density at radius 1 is 1.39 bits per heavy atom. The van der Waals surface area contributed by atoms with Crippen LogP contribution in [0.5, 0.6) is 0 Å². The van der Waals surface area contributed by atoms with Gasteiger partial charge in [0.2, 0.25) is 5.91 Å². The van der Waals surface area contributed by atoms with Crippen molar-refractivity contribution in [2.24, 2.45) is 0 Å². The van der Waals surface area contributed by atoms with Gasteiger partial charge in [-0.05, 0) is 33.6 Å². The third kappa shape index (κ3) is 4.53. The van der Waals surface area contributed by atoms with Crippen LogP contribution in [0.1, 0.15) is 32.4 Å². The fraction of sp³-hybridized carbons (Fsp3) is 0.737. The molecule has 3 heterocycles. The van der Waals surface area contributed by atoms with E-state index < -0.39 is 23.2 Å². The lowest BCUT2D eigenvalue weighted by molar-refractivity contribution is -0.159. The third-order valence-corrected chi connectivity index (χ3v) is 5.42. The van der Waals surface area contributed by atoms with Crippen LogP contribution in [0, 0.1) is 6.92 Å². The van der Waals surface area contributed by atoms with Gasteiger partial charge in [0.15, 0.2) is 0 Å². The molecular formula is C19H31N5O4. The Hall–Kier alpha value is -1.97. The SMILES string of the molecule is Cc1cn(CC2(O)CCCN(C(=O)[C@H]3CNCCN3C(=O)C(C)(C)O)C2)cn1. The fourth-order valence-electron chi connectivity index (χ4n) is 4.06. The molecule has 9 heteroatoms. The maximum absolute atomic E-state index is 13.2. The number of likely N-dealkylation sites (tertiary alicyclic amines) is 1. The van der Waals surface area contributed by atoms with E-state index in [1.165, 1.54) is 18.7 Å². The summed E-state index contributed by atoms with van der Waals surface area (Å²) >= 11 is 0. The molecule has 0 aromatic carbocycles. The fourth-order valence-corrected chi connectivity index (χ4v) is 4.06. The lowest BCUT2D eigenvalue weighted by Gasteiger charge is -2.44. The molecule has 1 unspecified atom stereocenters. The Morgan fingerprint density at radius 2 is 2.14 bits per heavy atom. The molecule has 3 rings (SSSR count). The van der Waals surface area contributed by atoms with E-state index >= 15 is 0 Å². The number of imidazole rings is 1. The van der Waals surface area contributed by atoms with Crippen molar-refractivity contribution >= 4 is 11.8 Å². The second-order valence-corrected chi connectivity index (χ2v) is 8.55. The number of carbonyl (C=O) groups is 2. The maximum atomic E-state index is 13.2. The van der Waals surface area contributed by atoms with Crippen LogP contribution in [0.4, 0.5) is 0 Å². The number of aliphatic hydroxyl groups is 2.